The van der Waals surface area contributed by atoms with Gasteiger partial charge in [-0.3, -0.25) is 9.59 Å². The summed E-state index contributed by atoms with van der Waals surface area (Å²) in [7, 11) is -0.838. The highest BCUT2D eigenvalue weighted by Gasteiger charge is 2.23. The van der Waals surface area contributed by atoms with Crippen LogP contribution in [-0.2, 0) is 14.8 Å². The van der Waals surface area contributed by atoms with E-state index in [1.54, 1.807) is 0 Å². The molecule has 1 heterocycles. The van der Waals surface area contributed by atoms with Crippen LogP contribution in [0.5, 0.6) is 0 Å². The highest BCUT2D eigenvalue weighted by atomic mass is 32.2. The van der Waals surface area contributed by atoms with Gasteiger partial charge < -0.3 is 10.6 Å². The normalized spacial score (nSPS) is 12.4. The van der Waals surface area contributed by atoms with E-state index in [1.165, 1.54) is 49.7 Å². The minimum atomic E-state index is -3.68. The largest absolute Gasteiger partial charge is 0.340 e. The average molecular weight is 487 g/mol. The molecule has 2 N–H and O–H groups in total. The van der Waals surface area contributed by atoms with Crippen LogP contribution >= 0.6 is 11.3 Å². The molecule has 0 bridgehead atoms. The lowest BCUT2D eigenvalue weighted by atomic mass is 10.1. The Balaban J connectivity index is 1.72. The van der Waals surface area contributed by atoms with Gasteiger partial charge in [-0.2, -0.15) is 0 Å². The second-order valence-electron chi connectivity index (χ2n) is 7.52. The third kappa shape index (κ3) is 6.04. The number of rotatable bonds is 9. The Labute approximate surface area is 197 Å². The van der Waals surface area contributed by atoms with Crippen molar-refractivity contribution in [1.29, 1.82) is 0 Å². The van der Waals surface area contributed by atoms with E-state index in [9.17, 15) is 18.0 Å². The summed E-state index contributed by atoms with van der Waals surface area (Å²) in [6.45, 7) is 1.91. The zero-order valence-electron chi connectivity index (χ0n) is 18.6. The van der Waals surface area contributed by atoms with Gasteiger partial charge in [0.15, 0.2) is 5.13 Å². The standard InChI is InChI=1S/C23H26N4O4S2/c1-4-9-19(22(29)26-23-25-20(15-32-23)16-10-6-5-7-11-16)24-21(28)17-12-8-13-18(14-17)33(30,31)27(2)3/h5-8,10-15,19H,4,9H2,1-3H3,(H,24,28)(H,25,26,29)/t19-/m0/s1. The summed E-state index contributed by atoms with van der Waals surface area (Å²) in [5, 5.41) is 7.79. The monoisotopic (exact) mass is 486 g/mol. The fourth-order valence-corrected chi connectivity index (χ4v) is 4.74. The number of carbonyl (C=O) groups excluding carboxylic acids is 2. The molecule has 1 aromatic heterocycles. The topological polar surface area (TPSA) is 108 Å². The molecular formula is C23H26N4O4S2. The van der Waals surface area contributed by atoms with Gasteiger partial charge in [0.25, 0.3) is 5.91 Å². The fraction of sp³-hybridized carbons (Fsp3) is 0.261. The van der Waals surface area contributed by atoms with Crippen LogP contribution in [0.3, 0.4) is 0 Å². The van der Waals surface area contributed by atoms with E-state index in [4.69, 9.17) is 0 Å². The molecule has 0 aliphatic carbocycles. The van der Waals surface area contributed by atoms with Crippen molar-refractivity contribution < 1.29 is 18.0 Å². The van der Waals surface area contributed by atoms with E-state index in [1.807, 2.05) is 42.6 Å². The van der Waals surface area contributed by atoms with Gasteiger partial charge in [-0.15, -0.1) is 11.3 Å². The van der Waals surface area contributed by atoms with Crippen LogP contribution < -0.4 is 10.6 Å². The van der Waals surface area contributed by atoms with Crippen molar-refractivity contribution in [3.8, 4) is 11.3 Å². The molecule has 3 aromatic rings. The summed E-state index contributed by atoms with van der Waals surface area (Å²) < 4.78 is 25.8. The van der Waals surface area contributed by atoms with Crippen LogP contribution in [0, 0.1) is 0 Å². The molecule has 0 aliphatic heterocycles. The van der Waals surface area contributed by atoms with Crippen LogP contribution in [0.25, 0.3) is 11.3 Å². The predicted molar refractivity (Wildman–Crippen MR) is 130 cm³/mol. The Kier molecular flexibility index (Phi) is 7.96. The first kappa shape index (κ1) is 24.6. The van der Waals surface area contributed by atoms with Gasteiger partial charge in [0.05, 0.1) is 10.6 Å². The van der Waals surface area contributed by atoms with E-state index < -0.39 is 22.0 Å². The maximum atomic E-state index is 12.9. The molecule has 3 rings (SSSR count). The third-order valence-electron chi connectivity index (χ3n) is 4.88. The Morgan fingerprint density at radius 2 is 1.82 bits per heavy atom. The van der Waals surface area contributed by atoms with Crippen molar-refractivity contribution in [2.75, 3.05) is 19.4 Å². The molecule has 0 saturated heterocycles. The van der Waals surface area contributed by atoms with Crippen molar-refractivity contribution >= 4 is 38.3 Å². The molecule has 8 nitrogen and oxygen atoms in total. The van der Waals surface area contributed by atoms with E-state index in [-0.39, 0.29) is 16.4 Å². The molecule has 10 heteroatoms. The van der Waals surface area contributed by atoms with Crippen molar-refractivity contribution in [3.63, 3.8) is 0 Å². The molecule has 2 amide bonds. The molecule has 0 saturated carbocycles. The van der Waals surface area contributed by atoms with Crippen LogP contribution in [0.15, 0.2) is 64.9 Å². The Bertz CT molecular complexity index is 1220. The summed E-state index contributed by atoms with van der Waals surface area (Å²) >= 11 is 1.30. The maximum absolute atomic E-state index is 12.9. The number of amides is 2. The van der Waals surface area contributed by atoms with E-state index in [0.717, 1.165) is 15.6 Å². The number of carbonyl (C=O) groups is 2. The lowest BCUT2D eigenvalue weighted by Gasteiger charge is -2.17. The zero-order chi connectivity index (χ0) is 24.0. The van der Waals surface area contributed by atoms with Crippen LogP contribution in [0.2, 0.25) is 0 Å². The van der Waals surface area contributed by atoms with Gasteiger partial charge in [-0.1, -0.05) is 49.7 Å². The summed E-state index contributed by atoms with van der Waals surface area (Å²) in [6.07, 6.45) is 1.09. The number of hydrogen-bond acceptors (Lipinski definition) is 6. The molecule has 33 heavy (non-hydrogen) atoms. The molecule has 0 radical (unpaired) electrons. The highest BCUT2D eigenvalue weighted by Crippen LogP contribution is 2.25. The predicted octanol–water partition coefficient (Wildman–Crippen LogP) is 3.60. The van der Waals surface area contributed by atoms with Gasteiger partial charge in [-0.25, -0.2) is 17.7 Å². The number of anilines is 1. The van der Waals surface area contributed by atoms with E-state index in [2.05, 4.69) is 15.6 Å². The minimum absolute atomic E-state index is 0.00729. The van der Waals surface area contributed by atoms with Gasteiger partial charge in [0.1, 0.15) is 6.04 Å². The molecule has 1 atom stereocenters. The summed E-state index contributed by atoms with van der Waals surface area (Å²) in [5.41, 5.74) is 1.86. The van der Waals surface area contributed by atoms with E-state index >= 15 is 0 Å². The van der Waals surface area contributed by atoms with Gasteiger partial charge in [0.2, 0.25) is 15.9 Å². The van der Waals surface area contributed by atoms with Crippen molar-refractivity contribution in [1.82, 2.24) is 14.6 Å². The molecule has 0 aliphatic rings. The first-order chi connectivity index (χ1) is 15.7. The fourth-order valence-electron chi connectivity index (χ4n) is 3.07. The Morgan fingerprint density at radius 3 is 2.48 bits per heavy atom. The molecule has 2 aromatic carbocycles. The van der Waals surface area contributed by atoms with Crippen LogP contribution in [-0.4, -0.2) is 49.7 Å². The van der Waals surface area contributed by atoms with Gasteiger partial charge in [0, 0.05) is 30.6 Å². The first-order valence-corrected chi connectivity index (χ1v) is 12.7. The van der Waals surface area contributed by atoms with Gasteiger partial charge >= 0.3 is 0 Å². The first-order valence-electron chi connectivity index (χ1n) is 10.4. The lowest BCUT2D eigenvalue weighted by molar-refractivity contribution is -0.118. The maximum Gasteiger partial charge on any atom is 0.251 e. The summed E-state index contributed by atoms with van der Waals surface area (Å²) in [6, 6.07) is 14.6. The highest BCUT2D eigenvalue weighted by molar-refractivity contribution is 7.89. The SMILES string of the molecule is CCC[C@H](NC(=O)c1cccc(S(=O)(=O)N(C)C)c1)C(=O)Nc1nc(-c2ccccc2)cs1. The molecule has 0 spiro atoms. The number of thiazole rings is 1. The van der Waals surface area contributed by atoms with Crippen molar-refractivity contribution in [3.05, 3.63) is 65.5 Å². The van der Waals surface area contributed by atoms with Crippen molar-refractivity contribution in [2.45, 2.75) is 30.7 Å². The number of aromatic nitrogens is 1. The number of nitrogens with one attached hydrogen (secondary N) is 2. The zero-order valence-corrected chi connectivity index (χ0v) is 20.2. The number of benzene rings is 2. The van der Waals surface area contributed by atoms with Crippen LogP contribution in [0.4, 0.5) is 5.13 Å². The van der Waals surface area contributed by atoms with E-state index in [0.29, 0.717) is 18.0 Å². The molecule has 0 fully saturated rings. The number of nitrogens with zero attached hydrogens (tertiary/aromatic N) is 2. The van der Waals surface area contributed by atoms with Crippen molar-refractivity contribution in [2.24, 2.45) is 0 Å². The number of hydrogen-bond donors (Lipinski definition) is 2. The van der Waals surface area contributed by atoms with Gasteiger partial charge in [-0.05, 0) is 24.6 Å². The minimum Gasteiger partial charge on any atom is -0.340 e. The average Bonchev–Trinajstić information content (AvgIpc) is 3.27. The second kappa shape index (κ2) is 10.7. The molecule has 174 valence electrons. The summed E-state index contributed by atoms with van der Waals surface area (Å²) in [4.78, 5) is 30.1. The quantitative estimate of drug-likeness (QED) is 0.480. The Hall–Kier alpha value is -3.08. The smallest absolute Gasteiger partial charge is 0.251 e. The van der Waals surface area contributed by atoms with Crippen LogP contribution in [0.1, 0.15) is 30.1 Å². The Morgan fingerprint density at radius 1 is 1.09 bits per heavy atom. The molecular weight excluding hydrogens is 460 g/mol. The lowest BCUT2D eigenvalue weighted by Crippen LogP contribution is -2.43. The molecule has 0 unspecified atom stereocenters. The number of sulfonamides is 1. The third-order valence-corrected chi connectivity index (χ3v) is 7.45. The second-order valence-corrected chi connectivity index (χ2v) is 10.5. The summed E-state index contributed by atoms with van der Waals surface area (Å²) in [5.74, 6) is -0.903.